The first-order chi connectivity index (χ1) is 11.0. The molecule has 0 spiro atoms. The third-order valence-corrected chi connectivity index (χ3v) is 4.74. The number of esters is 1. The molecule has 122 valence electrons. The van der Waals surface area contributed by atoms with Crippen molar-refractivity contribution >= 4 is 17.6 Å². The summed E-state index contributed by atoms with van der Waals surface area (Å²) in [5.41, 5.74) is 2.38. The van der Waals surface area contributed by atoms with Gasteiger partial charge in [0, 0.05) is 6.92 Å². The molecule has 0 fully saturated rings. The minimum atomic E-state index is -0.622. The lowest BCUT2D eigenvalue weighted by atomic mass is 9.83. The number of hydrogen-bond acceptors (Lipinski definition) is 2. The average Bonchev–Trinajstić information content (AvgIpc) is 2.55. The molecule has 2 nitrogen and oxygen atoms in total. The molecule has 2 atom stereocenters. The molecule has 0 amide bonds. The van der Waals surface area contributed by atoms with E-state index in [0.717, 1.165) is 12.0 Å². The maximum Gasteiger partial charge on any atom is 0.302 e. The highest BCUT2D eigenvalue weighted by molar-refractivity contribution is 6.24. The van der Waals surface area contributed by atoms with Gasteiger partial charge in [0.05, 0.1) is 4.87 Å². The van der Waals surface area contributed by atoms with Crippen LogP contribution in [0.4, 0.5) is 0 Å². The summed E-state index contributed by atoms with van der Waals surface area (Å²) in [6.45, 7) is 3.75. The van der Waals surface area contributed by atoms with Crippen molar-refractivity contribution in [1.29, 1.82) is 0 Å². The fraction of sp³-hybridized carbons (Fsp3) is 0.350. The molecule has 0 aliphatic rings. The van der Waals surface area contributed by atoms with Gasteiger partial charge in [0.2, 0.25) is 0 Å². The Bertz CT molecular complexity index is 612. The Morgan fingerprint density at radius 3 is 2.09 bits per heavy atom. The molecule has 0 heterocycles. The van der Waals surface area contributed by atoms with Crippen LogP contribution in [0.15, 0.2) is 60.7 Å². The molecular formula is C20H23ClO2. The van der Waals surface area contributed by atoms with E-state index in [4.69, 9.17) is 16.3 Å². The molecule has 0 radical (unpaired) electrons. The summed E-state index contributed by atoms with van der Waals surface area (Å²) in [7, 11) is 0. The first-order valence-electron chi connectivity index (χ1n) is 7.90. The summed E-state index contributed by atoms with van der Waals surface area (Å²) in [4.78, 5) is 10.6. The molecule has 2 unspecified atom stereocenters. The minimum Gasteiger partial charge on any atom is -0.464 e. The van der Waals surface area contributed by atoms with Crippen LogP contribution >= 0.6 is 11.6 Å². The SMILES string of the molecule is CC(=O)OCC(Cl)(Cc1ccccc1)C(C)Cc1ccccc1. The molecular weight excluding hydrogens is 308 g/mol. The maximum atomic E-state index is 11.2. The normalized spacial score (nSPS) is 14.7. The Morgan fingerprint density at radius 1 is 1.04 bits per heavy atom. The van der Waals surface area contributed by atoms with Crippen molar-refractivity contribution in [2.24, 2.45) is 5.92 Å². The number of benzene rings is 2. The summed E-state index contributed by atoms with van der Waals surface area (Å²) >= 11 is 6.94. The Hall–Kier alpha value is -1.80. The van der Waals surface area contributed by atoms with Gasteiger partial charge in [0.1, 0.15) is 6.61 Å². The molecule has 2 rings (SSSR count). The second-order valence-electron chi connectivity index (χ2n) is 6.07. The van der Waals surface area contributed by atoms with Gasteiger partial charge in [-0.15, -0.1) is 11.6 Å². The lowest BCUT2D eigenvalue weighted by molar-refractivity contribution is -0.142. The Kier molecular flexibility index (Phi) is 6.23. The molecule has 2 aromatic carbocycles. The van der Waals surface area contributed by atoms with Crippen molar-refractivity contribution in [3.63, 3.8) is 0 Å². The molecule has 0 aromatic heterocycles. The zero-order valence-corrected chi connectivity index (χ0v) is 14.4. The van der Waals surface area contributed by atoms with Crippen molar-refractivity contribution < 1.29 is 9.53 Å². The van der Waals surface area contributed by atoms with Crippen LogP contribution in [0.3, 0.4) is 0 Å². The van der Waals surface area contributed by atoms with Gasteiger partial charge in [-0.25, -0.2) is 0 Å². The van der Waals surface area contributed by atoms with Crippen molar-refractivity contribution in [2.75, 3.05) is 6.61 Å². The first-order valence-corrected chi connectivity index (χ1v) is 8.27. The van der Waals surface area contributed by atoms with E-state index in [-0.39, 0.29) is 18.5 Å². The smallest absolute Gasteiger partial charge is 0.302 e. The third-order valence-electron chi connectivity index (χ3n) is 4.12. The van der Waals surface area contributed by atoms with Gasteiger partial charge < -0.3 is 4.74 Å². The van der Waals surface area contributed by atoms with Crippen LogP contribution in [0.25, 0.3) is 0 Å². The quantitative estimate of drug-likeness (QED) is 0.545. The van der Waals surface area contributed by atoms with Crippen LogP contribution in [-0.4, -0.2) is 17.5 Å². The fourth-order valence-electron chi connectivity index (χ4n) is 2.67. The van der Waals surface area contributed by atoms with Crippen LogP contribution in [0.5, 0.6) is 0 Å². The molecule has 0 bridgehead atoms. The lowest BCUT2D eigenvalue weighted by Crippen LogP contribution is -2.39. The van der Waals surface area contributed by atoms with Crippen molar-refractivity contribution in [3.05, 3.63) is 71.8 Å². The molecule has 0 saturated carbocycles. The number of hydrogen-bond donors (Lipinski definition) is 0. The maximum absolute atomic E-state index is 11.2. The minimum absolute atomic E-state index is 0.158. The van der Waals surface area contributed by atoms with Crippen molar-refractivity contribution in [1.82, 2.24) is 0 Å². The highest BCUT2D eigenvalue weighted by Gasteiger charge is 2.35. The van der Waals surface area contributed by atoms with Gasteiger partial charge in [0.25, 0.3) is 0 Å². The first kappa shape index (κ1) is 17.6. The highest BCUT2D eigenvalue weighted by Crippen LogP contribution is 2.33. The van der Waals surface area contributed by atoms with Gasteiger partial charge in [-0.05, 0) is 29.9 Å². The average molecular weight is 331 g/mol. The molecule has 0 N–H and O–H groups in total. The largest absolute Gasteiger partial charge is 0.464 e. The number of halogens is 1. The molecule has 0 aliphatic carbocycles. The van der Waals surface area contributed by atoms with E-state index in [1.165, 1.54) is 12.5 Å². The third kappa shape index (κ3) is 5.40. The molecule has 0 saturated heterocycles. The van der Waals surface area contributed by atoms with E-state index in [1.807, 2.05) is 36.4 Å². The Labute approximate surface area is 143 Å². The molecule has 2 aromatic rings. The van der Waals surface area contributed by atoms with E-state index in [0.29, 0.717) is 6.42 Å². The van der Waals surface area contributed by atoms with Gasteiger partial charge in [0.15, 0.2) is 0 Å². The van der Waals surface area contributed by atoms with E-state index in [1.54, 1.807) is 0 Å². The van der Waals surface area contributed by atoms with E-state index >= 15 is 0 Å². The summed E-state index contributed by atoms with van der Waals surface area (Å²) in [5.74, 6) is -0.138. The summed E-state index contributed by atoms with van der Waals surface area (Å²) < 4.78 is 5.27. The fourth-order valence-corrected chi connectivity index (χ4v) is 2.96. The number of carbonyl (C=O) groups is 1. The van der Waals surface area contributed by atoms with Crippen LogP contribution in [0.1, 0.15) is 25.0 Å². The van der Waals surface area contributed by atoms with Gasteiger partial charge in [-0.2, -0.15) is 0 Å². The van der Waals surface area contributed by atoms with Crippen molar-refractivity contribution in [2.45, 2.75) is 31.6 Å². The van der Waals surface area contributed by atoms with Gasteiger partial charge in [-0.1, -0.05) is 67.6 Å². The highest BCUT2D eigenvalue weighted by atomic mass is 35.5. The van der Waals surface area contributed by atoms with E-state index in [2.05, 4.69) is 31.2 Å². The second kappa shape index (κ2) is 8.16. The standard InChI is InChI=1S/C20H23ClO2/c1-16(13-18-9-5-3-6-10-18)20(21,15-23-17(2)22)14-19-11-7-4-8-12-19/h3-12,16H,13-15H2,1-2H3. The number of ether oxygens (including phenoxy) is 1. The van der Waals surface area contributed by atoms with Crippen LogP contribution in [0.2, 0.25) is 0 Å². The summed E-state index contributed by atoms with van der Waals surface area (Å²) in [6, 6.07) is 20.4. The number of carbonyl (C=O) groups excluding carboxylic acids is 1. The Morgan fingerprint density at radius 2 is 1.57 bits per heavy atom. The second-order valence-corrected chi connectivity index (χ2v) is 6.82. The predicted molar refractivity (Wildman–Crippen MR) is 94.7 cm³/mol. The van der Waals surface area contributed by atoms with Gasteiger partial charge >= 0.3 is 5.97 Å². The number of rotatable bonds is 7. The lowest BCUT2D eigenvalue weighted by Gasteiger charge is -2.33. The van der Waals surface area contributed by atoms with E-state index in [9.17, 15) is 4.79 Å². The zero-order chi connectivity index (χ0) is 16.7. The van der Waals surface area contributed by atoms with E-state index < -0.39 is 4.87 Å². The summed E-state index contributed by atoms with van der Waals surface area (Å²) in [5, 5.41) is 0. The molecule has 23 heavy (non-hydrogen) atoms. The van der Waals surface area contributed by atoms with Crippen molar-refractivity contribution in [3.8, 4) is 0 Å². The molecule has 0 aliphatic heterocycles. The topological polar surface area (TPSA) is 26.3 Å². The predicted octanol–water partition coefficient (Wildman–Crippen LogP) is 4.65. The summed E-state index contributed by atoms with van der Waals surface area (Å²) in [6.07, 6.45) is 1.51. The van der Waals surface area contributed by atoms with Gasteiger partial charge in [-0.3, -0.25) is 4.79 Å². The van der Waals surface area contributed by atoms with Crippen LogP contribution in [-0.2, 0) is 22.4 Å². The van der Waals surface area contributed by atoms with Crippen LogP contribution in [0, 0.1) is 5.92 Å². The monoisotopic (exact) mass is 330 g/mol. The number of alkyl halides is 1. The van der Waals surface area contributed by atoms with Crippen LogP contribution < -0.4 is 0 Å². The zero-order valence-electron chi connectivity index (χ0n) is 13.7. The molecule has 3 heteroatoms. The Balaban J connectivity index is 2.15.